The van der Waals surface area contributed by atoms with Gasteiger partial charge >= 0.3 is 0 Å². The molecule has 0 radical (unpaired) electrons. The van der Waals surface area contributed by atoms with Gasteiger partial charge < -0.3 is 5.73 Å². The Bertz CT molecular complexity index is 74.1. The summed E-state index contributed by atoms with van der Waals surface area (Å²) in [5.74, 6) is 0. The third-order valence-electron chi connectivity index (χ3n) is 0.731. The quantitative estimate of drug-likeness (QED) is 0.541. The SMILES string of the molecule is CCC(N)C(=O)Cl. The van der Waals surface area contributed by atoms with Gasteiger partial charge in [-0.3, -0.25) is 4.79 Å². The van der Waals surface area contributed by atoms with Gasteiger partial charge in [-0.25, -0.2) is 0 Å². The number of carbonyl (C=O) groups is 1. The lowest BCUT2D eigenvalue weighted by Crippen LogP contribution is -2.25. The maximum absolute atomic E-state index is 10.0. The largest absolute Gasteiger partial charge is 0.320 e. The Morgan fingerprint density at radius 1 is 2.00 bits per heavy atom. The number of carbonyl (C=O) groups excluding carboxylic acids is 1. The molecule has 2 N–H and O–H groups in total. The first-order valence-electron chi connectivity index (χ1n) is 2.13. The first-order chi connectivity index (χ1) is 3.18. The van der Waals surface area contributed by atoms with E-state index in [1.165, 1.54) is 0 Å². The van der Waals surface area contributed by atoms with E-state index in [0.717, 1.165) is 0 Å². The van der Waals surface area contributed by atoms with E-state index in [1.807, 2.05) is 6.92 Å². The van der Waals surface area contributed by atoms with Gasteiger partial charge in [0.1, 0.15) is 0 Å². The second kappa shape index (κ2) is 2.99. The van der Waals surface area contributed by atoms with Gasteiger partial charge in [-0.15, -0.1) is 0 Å². The average molecular weight is 122 g/mol. The van der Waals surface area contributed by atoms with Gasteiger partial charge in [0, 0.05) is 0 Å². The molecule has 0 aromatic rings. The fourth-order valence-electron chi connectivity index (χ4n) is 0.160. The Kier molecular flexibility index (Phi) is 2.96. The van der Waals surface area contributed by atoms with Crippen LogP contribution < -0.4 is 5.73 Å². The minimum atomic E-state index is -0.471. The van der Waals surface area contributed by atoms with Crippen LogP contribution in [0.15, 0.2) is 0 Å². The van der Waals surface area contributed by atoms with E-state index in [4.69, 9.17) is 17.3 Å². The molecule has 0 saturated carbocycles. The van der Waals surface area contributed by atoms with Crippen LogP contribution in [0.5, 0.6) is 0 Å². The van der Waals surface area contributed by atoms with Gasteiger partial charge in [0.05, 0.1) is 6.04 Å². The van der Waals surface area contributed by atoms with E-state index in [9.17, 15) is 4.79 Å². The molecule has 3 heteroatoms. The Morgan fingerprint density at radius 2 is 2.43 bits per heavy atom. The van der Waals surface area contributed by atoms with Crippen LogP contribution in [0.1, 0.15) is 13.3 Å². The third-order valence-corrected chi connectivity index (χ3v) is 1.01. The van der Waals surface area contributed by atoms with E-state index in [0.29, 0.717) is 6.42 Å². The van der Waals surface area contributed by atoms with Gasteiger partial charge in [0.15, 0.2) is 0 Å². The molecule has 0 saturated heterocycles. The predicted octanol–water partition coefficient (Wildman–Crippen LogP) is 0.489. The summed E-state index contributed by atoms with van der Waals surface area (Å²) in [4.78, 5) is 10.0. The second-order valence-electron chi connectivity index (χ2n) is 1.32. The van der Waals surface area contributed by atoms with Crippen molar-refractivity contribution in [3.63, 3.8) is 0 Å². The van der Waals surface area contributed by atoms with Crippen LogP contribution in [0.3, 0.4) is 0 Å². The van der Waals surface area contributed by atoms with Crippen molar-refractivity contribution in [1.29, 1.82) is 0 Å². The standard InChI is InChI=1S/C4H8ClNO/c1-2-3(6)4(5)7/h3H,2,6H2,1H3. The van der Waals surface area contributed by atoms with Crippen molar-refractivity contribution in [2.24, 2.45) is 5.73 Å². The van der Waals surface area contributed by atoms with Crippen LogP contribution in [0.2, 0.25) is 0 Å². The molecule has 0 aromatic heterocycles. The molecule has 1 unspecified atom stereocenters. The van der Waals surface area contributed by atoms with Gasteiger partial charge in [0.2, 0.25) is 5.24 Å². The van der Waals surface area contributed by atoms with E-state index in [2.05, 4.69) is 0 Å². The zero-order valence-corrected chi connectivity index (χ0v) is 4.90. The molecular weight excluding hydrogens is 114 g/mol. The van der Waals surface area contributed by atoms with Crippen molar-refractivity contribution in [2.45, 2.75) is 19.4 Å². The number of hydrogen-bond donors (Lipinski definition) is 1. The summed E-state index contributed by atoms with van der Waals surface area (Å²) < 4.78 is 0. The first-order valence-corrected chi connectivity index (χ1v) is 2.51. The third kappa shape index (κ3) is 2.60. The summed E-state index contributed by atoms with van der Waals surface area (Å²) in [7, 11) is 0. The smallest absolute Gasteiger partial charge is 0.238 e. The number of hydrogen-bond acceptors (Lipinski definition) is 2. The van der Waals surface area contributed by atoms with Crippen LogP contribution in [0.4, 0.5) is 0 Å². The van der Waals surface area contributed by atoms with Crippen molar-refractivity contribution < 1.29 is 4.79 Å². The molecule has 1 atom stereocenters. The molecule has 0 bridgehead atoms. The highest BCUT2D eigenvalue weighted by Gasteiger charge is 2.04. The van der Waals surface area contributed by atoms with Crippen molar-refractivity contribution >= 4 is 16.8 Å². The molecule has 0 aliphatic heterocycles. The van der Waals surface area contributed by atoms with E-state index in [1.54, 1.807) is 0 Å². The summed E-state index contributed by atoms with van der Waals surface area (Å²) in [5.41, 5.74) is 5.13. The minimum absolute atomic E-state index is 0.456. The molecule has 7 heavy (non-hydrogen) atoms. The zero-order valence-electron chi connectivity index (χ0n) is 4.15. The molecule has 0 rings (SSSR count). The maximum Gasteiger partial charge on any atom is 0.238 e. The molecule has 0 amide bonds. The highest BCUT2D eigenvalue weighted by atomic mass is 35.5. The van der Waals surface area contributed by atoms with Crippen molar-refractivity contribution in [3.05, 3.63) is 0 Å². The van der Waals surface area contributed by atoms with Gasteiger partial charge in [-0.05, 0) is 18.0 Å². The molecule has 0 fully saturated rings. The Morgan fingerprint density at radius 3 is 2.43 bits per heavy atom. The number of nitrogens with two attached hydrogens (primary N) is 1. The zero-order chi connectivity index (χ0) is 5.86. The van der Waals surface area contributed by atoms with Crippen LogP contribution in [0, 0.1) is 0 Å². The highest BCUT2D eigenvalue weighted by molar-refractivity contribution is 6.64. The summed E-state index contributed by atoms with van der Waals surface area (Å²) >= 11 is 4.96. The topological polar surface area (TPSA) is 43.1 Å². The van der Waals surface area contributed by atoms with Gasteiger partial charge in [-0.2, -0.15) is 0 Å². The van der Waals surface area contributed by atoms with E-state index >= 15 is 0 Å². The summed E-state index contributed by atoms with van der Waals surface area (Å²) in [6.45, 7) is 1.81. The van der Waals surface area contributed by atoms with E-state index < -0.39 is 11.3 Å². The summed E-state index contributed by atoms with van der Waals surface area (Å²) in [6, 6.07) is -0.471. The lowest BCUT2D eigenvalue weighted by molar-refractivity contribution is -0.112. The Labute approximate surface area is 47.6 Å². The predicted molar refractivity (Wildman–Crippen MR) is 29.1 cm³/mol. The van der Waals surface area contributed by atoms with Crippen LogP contribution in [-0.4, -0.2) is 11.3 Å². The lowest BCUT2D eigenvalue weighted by Gasteiger charge is -1.96. The molecule has 0 spiro atoms. The van der Waals surface area contributed by atoms with E-state index in [-0.39, 0.29) is 0 Å². The average Bonchev–Trinajstić information content (AvgIpc) is 1.65. The maximum atomic E-state index is 10.0. The monoisotopic (exact) mass is 121 g/mol. The highest BCUT2D eigenvalue weighted by Crippen LogP contribution is 1.90. The minimum Gasteiger partial charge on any atom is -0.320 e. The Hall–Kier alpha value is -0.0800. The molecule has 0 aliphatic carbocycles. The lowest BCUT2D eigenvalue weighted by atomic mass is 10.3. The second-order valence-corrected chi connectivity index (χ2v) is 1.69. The summed E-state index contributed by atoms with van der Waals surface area (Å²) in [6.07, 6.45) is 0.613. The van der Waals surface area contributed by atoms with Crippen LogP contribution in [-0.2, 0) is 4.79 Å². The molecule has 42 valence electrons. The fourth-order valence-corrected chi connectivity index (χ4v) is 0.315. The van der Waals surface area contributed by atoms with Crippen molar-refractivity contribution in [2.75, 3.05) is 0 Å². The molecule has 0 aromatic carbocycles. The Balaban J connectivity index is 3.34. The molecular formula is C4H8ClNO. The fraction of sp³-hybridized carbons (Fsp3) is 0.750. The normalized spacial score (nSPS) is 13.6. The number of rotatable bonds is 2. The molecule has 0 heterocycles. The number of halogens is 1. The van der Waals surface area contributed by atoms with Gasteiger partial charge in [-0.1, -0.05) is 6.92 Å². The van der Waals surface area contributed by atoms with Crippen LogP contribution in [0.25, 0.3) is 0 Å². The molecule has 0 aliphatic rings. The van der Waals surface area contributed by atoms with Crippen molar-refractivity contribution in [1.82, 2.24) is 0 Å². The first kappa shape index (κ1) is 6.92. The molecule has 2 nitrogen and oxygen atoms in total. The summed E-state index contributed by atoms with van der Waals surface area (Å²) in [5, 5.41) is -0.456. The van der Waals surface area contributed by atoms with Gasteiger partial charge in [0.25, 0.3) is 0 Å². The van der Waals surface area contributed by atoms with Crippen molar-refractivity contribution in [3.8, 4) is 0 Å². The van der Waals surface area contributed by atoms with Crippen LogP contribution >= 0.6 is 11.6 Å².